The summed E-state index contributed by atoms with van der Waals surface area (Å²) in [6.07, 6.45) is 4.47. The number of hydrogen-bond donors (Lipinski definition) is 1. The summed E-state index contributed by atoms with van der Waals surface area (Å²) in [6, 6.07) is 6.68. The number of halogens is 1. The molecule has 1 aromatic carbocycles. The lowest BCUT2D eigenvalue weighted by Crippen LogP contribution is -2.24. The number of aliphatic hydroxyl groups excluding tert-OH is 1. The van der Waals surface area contributed by atoms with Crippen LogP contribution in [0, 0.1) is 5.82 Å². The fourth-order valence-corrected chi connectivity index (χ4v) is 3.37. The SMILES string of the molecule is OC1CC(c2ccc(F)cc2)N(Cc2cnoc2C2CC2)C1. The quantitative estimate of drug-likeness (QED) is 0.943. The van der Waals surface area contributed by atoms with Gasteiger partial charge in [0.2, 0.25) is 0 Å². The molecule has 0 bridgehead atoms. The van der Waals surface area contributed by atoms with E-state index in [2.05, 4.69) is 10.1 Å². The van der Waals surface area contributed by atoms with E-state index in [-0.39, 0.29) is 18.0 Å². The second-order valence-electron chi connectivity index (χ2n) is 6.38. The van der Waals surface area contributed by atoms with Gasteiger partial charge in [0, 0.05) is 30.6 Å². The summed E-state index contributed by atoms with van der Waals surface area (Å²) in [5.41, 5.74) is 2.16. The van der Waals surface area contributed by atoms with Crippen LogP contribution in [0.5, 0.6) is 0 Å². The first-order chi connectivity index (χ1) is 10.7. The molecule has 1 aliphatic heterocycles. The molecule has 1 aliphatic carbocycles. The summed E-state index contributed by atoms with van der Waals surface area (Å²) >= 11 is 0. The monoisotopic (exact) mass is 302 g/mol. The summed E-state index contributed by atoms with van der Waals surface area (Å²) < 4.78 is 18.5. The van der Waals surface area contributed by atoms with Crippen molar-refractivity contribution in [1.82, 2.24) is 10.1 Å². The van der Waals surface area contributed by atoms with Gasteiger partial charge in [0.25, 0.3) is 0 Å². The van der Waals surface area contributed by atoms with Crippen molar-refractivity contribution in [3.8, 4) is 0 Å². The Morgan fingerprint density at radius 1 is 1.27 bits per heavy atom. The van der Waals surface area contributed by atoms with Gasteiger partial charge in [-0.25, -0.2) is 4.39 Å². The van der Waals surface area contributed by atoms with Gasteiger partial charge in [-0.2, -0.15) is 0 Å². The van der Waals surface area contributed by atoms with Crippen LogP contribution in [0.15, 0.2) is 35.0 Å². The van der Waals surface area contributed by atoms with Crippen molar-refractivity contribution in [2.75, 3.05) is 6.54 Å². The van der Waals surface area contributed by atoms with Crippen molar-refractivity contribution in [3.05, 3.63) is 53.2 Å². The highest BCUT2D eigenvalue weighted by molar-refractivity contribution is 5.25. The van der Waals surface area contributed by atoms with Gasteiger partial charge in [0.05, 0.1) is 12.3 Å². The van der Waals surface area contributed by atoms with Crippen LogP contribution >= 0.6 is 0 Å². The van der Waals surface area contributed by atoms with Gasteiger partial charge in [-0.15, -0.1) is 0 Å². The molecule has 0 spiro atoms. The zero-order chi connectivity index (χ0) is 15.1. The van der Waals surface area contributed by atoms with Gasteiger partial charge < -0.3 is 9.63 Å². The Labute approximate surface area is 128 Å². The molecule has 1 saturated heterocycles. The highest BCUT2D eigenvalue weighted by atomic mass is 19.1. The second-order valence-corrected chi connectivity index (χ2v) is 6.38. The number of hydrogen-bond acceptors (Lipinski definition) is 4. The Morgan fingerprint density at radius 3 is 2.77 bits per heavy atom. The van der Waals surface area contributed by atoms with Crippen molar-refractivity contribution in [3.63, 3.8) is 0 Å². The van der Waals surface area contributed by atoms with E-state index in [9.17, 15) is 9.50 Å². The van der Waals surface area contributed by atoms with E-state index < -0.39 is 0 Å². The predicted molar refractivity (Wildman–Crippen MR) is 78.7 cm³/mol. The average molecular weight is 302 g/mol. The van der Waals surface area contributed by atoms with E-state index in [0.29, 0.717) is 25.4 Å². The summed E-state index contributed by atoms with van der Waals surface area (Å²) in [7, 11) is 0. The molecule has 2 aromatic rings. The maximum Gasteiger partial charge on any atom is 0.144 e. The number of benzene rings is 1. The fraction of sp³-hybridized carbons (Fsp3) is 0.471. The van der Waals surface area contributed by atoms with E-state index in [4.69, 9.17) is 4.52 Å². The zero-order valence-electron chi connectivity index (χ0n) is 12.3. The van der Waals surface area contributed by atoms with Gasteiger partial charge in [0.15, 0.2) is 0 Å². The molecular formula is C17H19FN2O2. The summed E-state index contributed by atoms with van der Waals surface area (Å²) in [5.74, 6) is 1.29. The topological polar surface area (TPSA) is 49.5 Å². The molecule has 2 heterocycles. The maximum atomic E-state index is 13.1. The van der Waals surface area contributed by atoms with Crippen LogP contribution < -0.4 is 0 Å². The van der Waals surface area contributed by atoms with Crippen LogP contribution in [0.3, 0.4) is 0 Å². The van der Waals surface area contributed by atoms with Crippen LogP contribution in [-0.2, 0) is 6.54 Å². The molecule has 2 fully saturated rings. The van der Waals surface area contributed by atoms with Crippen molar-refractivity contribution < 1.29 is 14.0 Å². The summed E-state index contributed by atoms with van der Waals surface area (Å²) in [5, 5.41) is 14.0. The first-order valence-corrected chi connectivity index (χ1v) is 7.81. The molecule has 2 unspecified atom stereocenters. The van der Waals surface area contributed by atoms with Gasteiger partial charge in [-0.1, -0.05) is 17.3 Å². The van der Waals surface area contributed by atoms with E-state index in [1.165, 1.54) is 25.0 Å². The standard InChI is InChI=1S/C17H19FN2O2/c18-14-5-3-11(4-6-14)16-7-15(21)10-20(16)9-13-8-19-22-17(13)12-1-2-12/h3-6,8,12,15-16,21H,1-2,7,9-10H2. The van der Waals surface area contributed by atoms with E-state index in [1.54, 1.807) is 18.3 Å². The number of aliphatic hydroxyl groups is 1. The number of β-amino-alcohol motifs (C(OH)–C–C–N with tert-alkyl or cyclic N) is 1. The minimum absolute atomic E-state index is 0.109. The third kappa shape index (κ3) is 2.66. The lowest BCUT2D eigenvalue weighted by Gasteiger charge is -2.24. The molecule has 1 N–H and O–H groups in total. The zero-order valence-corrected chi connectivity index (χ0v) is 12.3. The van der Waals surface area contributed by atoms with E-state index in [0.717, 1.165) is 16.9 Å². The molecule has 1 saturated carbocycles. The van der Waals surface area contributed by atoms with Crippen molar-refractivity contribution in [2.24, 2.45) is 0 Å². The summed E-state index contributed by atoms with van der Waals surface area (Å²) in [6.45, 7) is 1.34. The lowest BCUT2D eigenvalue weighted by molar-refractivity contribution is 0.172. The number of likely N-dealkylation sites (tertiary alicyclic amines) is 1. The van der Waals surface area contributed by atoms with Gasteiger partial charge in [-0.3, -0.25) is 4.90 Å². The average Bonchev–Trinajstić information content (AvgIpc) is 3.14. The number of aromatic nitrogens is 1. The van der Waals surface area contributed by atoms with Crippen LogP contribution in [0.1, 0.15) is 48.1 Å². The van der Waals surface area contributed by atoms with Crippen LogP contribution in [0.2, 0.25) is 0 Å². The minimum Gasteiger partial charge on any atom is -0.392 e. The van der Waals surface area contributed by atoms with Crippen LogP contribution in [0.25, 0.3) is 0 Å². The first-order valence-electron chi connectivity index (χ1n) is 7.81. The molecule has 5 heteroatoms. The molecule has 2 aliphatic rings. The molecule has 116 valence electrons. The summed E-state index contributed by atoms with van der Waals surface area (Å²) in [4.78, 5) is 2.23. The van der Waals surface area contributed by atoms with Crippen LogP contribution in [-0.4, -0.2) is 27.8 Å². The van der Waals surface area contributed by atoms with Gasteiger partial charge in [0.1, 0.15) is 11.6 Å². The Balaban J connectivity index is 1.56. The van der Waals surface area contributed by atoms with Gasteiger partial charge >= 0.3 is 0 Å². The van der Waals surface area contributed by atoms with Gasteiger partial charge in [-0.05, 0) is 37.0 Å². The Kier molecular flexibility index (Phi) is 3.47. The smallest absolute Gasteiger partial charge is 0.144 e. The third-order valence-corrected chi connectivity index (χ3v) is 4.63. The Bertz CT molecular complexity index is 651. The predicted octanol–water partition coefficient (Wildman–Crippen LogP) is 3.00. The lowest BCUT2D eigenvalue weighted by atomic mass is 10.0. The molecule has 0 radical (unpaired) electrons. The second kappa shape index (κ2) is 5.48. The van der Waals surface area contributed by atoms with Crippen molar-refractivity contribution in [1.29, 1.82) is 0 Å². The first kappa shape index (κ1) is 13.9. The van der Waals surface area contributed by atoms with Crippen molar-refractivity contribution in [2.45, 2.75) is 43.9 Å². The van der Waals surface area contributed by atoms with Crippen LogP contribution in [0.4, 0.5) is 4.39 Å². The molecule has 2 atom stereocenters. The molecule has 0 amide bonds. The normalized spacial score (nSPS) is 25.7. The molecule has 22 heavy (non-hydrogen) atoms. The largest absolute Gasteiger partial charge is 0.392 e. The molecular weight excluding hydrogens is 283 g/mol. The molecule has 4 nitrogen and oxygen atoms in total. The Hall–Kier alpha value is -1.72. The van der Waals surface area contributed by atoms with Crippen molar-refractivity contribution >= 4 is 0 Å². The third-order valence-electron chi connectivity index (χ3n) is 4.63. The maximum absolute atomic E-state index is 13.1. The highest BCUT2D eigenvalue weighted by Gasteiger charge is 2.35. The van der Waals surface area contributed by atoms with E-state index >= 15 is 0 Å². The minimum atomic E-state index is -0.348. The van der Waals surface area contributed by atoms with E-state index in [1.807, 2.05) is 0 Å². The highest BCUT2D eigenvalue weighted by Crippen LogP contribution is 2.43. The fourth-order valence-electron chi connectivity index (χ4n) is 3.37. The molecule has 1 aromatic heterocycles. The Morgan fingerprint density at radius 2 is 2.05 bits per heavy atom. The molecule has 4 rings (SSSR count). The number of nitrogens with zero attached hydrogens (tertiary/aromatic N) is 2. The number of rotatable bonds is 4.